The molecule has 0 atom stereocenters. The van der Waals surface area contributed by atoms with Gasteiger partial charge < -0.3 is 15.8 Å². The number of hydrogen-bond donors (Lipinski definition) is 2. The van der Waals surface area contributed by atoms with Gasteiger partial charge in [0.25, 0.3) is 0 Å². The molecule has 3 N–H and O–H groups in total. The van der Waals surface area contributed by atoms with E-state index in [4.69, 9.17) is 10.5 Å². The summed E-state index contributed by atoms with van der Waals surface area (Å²) in [6.07, 6.45) is 3.64. The molecule has 2 rings (SSSR count). The minimum absolute atomic E-state index is 0. The van der Waals surface area contributed by atoms with Gasteiger partial charge in [0.05, 0.1) is 13.2 Å². The Morgan fingerprint density at radius 1 is 1.43 bits per heavy atom. The quantitative estimate of drug-likeness (QED) is 0.418. The van der Waals surface area contributed by atoms with E-state index in [1.165, 1.54) is 18.4 Å². The predicted molar refractivity (Wildman–Crippen MR) is 98.4 cm³/mol. The summed E-state index contributed by atoms with van der Waals surface area (Å²) in [5.41, 5.74) is 8.12. The van der Waals surface area contributed by atoms with E-state index in [1.807, 2.05) is 0 Å². The lowest BCUT2D eigenvalue weighted by atomic mass is 10.1. The van der Waals surface area contributed by atoms with E-state index in [2.05, 4.69) is 42.4 Å². The number of halogens is 1. The maximum absolute atomic E-state index is 5.92. The van der Waals surface area contributed by atoms with Crippen LogP contribution < -0.4 is 15.8 Å². The van der Waals surface area contributed by atoms with Gasteiger partial charge in [-0.25, -0.2) is 4.99 Å². The topological polar surface area (TPSA) is 59.6 Å². The molecule has 1 aliphatic rings. The lowest BCUT2D eigenvalue weighted by Crippen LogP contribution is -2.32. The molecule has 1 aromatic rings. The summed E-state index contributed by atoms with van der Waals surface area (Å²) in [7, 11) is 0. The average molecular weight is 403 g/mol. The first-order valence-corrected chi connectivity index (χ1v) is 7.45. The second kappa shape index (κ2) is 9.12. The summed E-state index contributed by atoms with van der Waals surface area (Å²) in [4.78, 5) is 4.37. The number of hydrogen-bond acceptors (Lipinski definition) is 2. The summed E-state index contributed by atoms with van der Waals surface area (Å²) in [5, 5.41) is 3.08. The Morgan fingerprint density at radius 3 is 2.86 bits per heavy atom. The van der Waals surface area contributed by atoms with Gasteiger partial charge in [-0.1, -0.05) is 19.1 Å². The Balaban J connectivity index is 0.00000220. The molecule has 5 heteroatoms. The summed E-state index contributed by atoms with van der Waals surface area (Å²) in [6.45, 7) is 6.42. The third-order valence-electron chi connectivity index (χ3n) is 3.37. The minimum Gasteiger partial charge on any atom is -0.493 e. The van der Waals surface area contributed by atoms with Crippen LogP contribution in [0.1, 0.15) is 37.3 Å². The van der Waals surface area contributed by atoms with Crippen molar-refractivity contribution < 1.29 is 4.74 Å². The predicted octanol–water partition coefficient (Wildman–Crippen LogP) is 3.22. The number of guanidine groups is 1. The van der Waals surface area contributed by atoms with Crippen LogP contribution in [0.15, 0.2) is 23.2 Å². The number of benzene rings is 1. The first-order valence-electron chi connectivity index (χ1n) is 7.45. The van der Waals surface area contributed by atoms with Gasteiger partial charge >= 0.3 is 0 Å². The van der Waals surface area contributed by atoms with Crippen molar-refractivity contribution in [3.63, 3.8) is 0 Å². The van der Waals surface area contributed by atoms with Crippen molar-refractivity contribution in [2.45, 2.75) is 39.7 Å². The SMILES string of the molecule is CCCNC(N)=NCc1ccc(C)cc1OCC1CC1.I. The molecule has 1 saturated carbocycles. The maximum Gasteiger partial charge on any atom is 0.188 e. The Hall–Kier alpha value is -0.980. The molecule has 0 saturated heterocycles. The normalized spacial score (nSPS) is 14.5. The highest BCUT2D eigenvalue weighted by molar-refractivity contribution is 14.0. The molecule has 0 heterocycles. The molecule has 0 spiro atoms. The second-order valence-corrected chi connectivity index (χ2v) is 5.49. The van der Waals surface area contributed by atoms with Crippen molar-refractivity contribution in [1.29, 1.82) is 0 Å². The van der Waals surface area contributed by atoms with E-state index >= 15 is 0 Å². The van der Waals surface area contributed by atoms with Crippen LogP contribution in [0.2, 0.25) is 0 Å². The largest absolute Gasteiger partial charge is 0.493 e. The van der Waals surface area contributed by atoms with Crippen molar-refractivity contribution >= 4 is 29.9 Å². The van der Waals surface area contributed by atoms with Crippen LogP contribution in [0.4, 0.5) is 0 Å². The number of aryl methyl sites for hydroxylation is 1. The summed E-state index contributed by atoms with van der Waals surface area (Å²) in [6, 6.07) is 6.25. The fourth-order valence-electron chi connectivity index (χ4n) is 1.90. The Kier molecular flexibility index (Phi) is 7.85. The van der Waals surface area contributed by atoms with Gasteiger partial charge in [0.2, 0.25) is 0 Å². The first kappa shape index (κ1) is 18.1. The lowest BCUT2D eigenvalue weighted by Gasteiger charge is -2.11. The van der Waals surface area contributed by atoms with Crippen LogP contribution in [0, 0.1) is 12.8 Å². The molecule has 21 heavy (non-hydrogen) atoms. The molecule has 1 aromatic carbocycles. The first-order chi connectivity index (χ1) is 9.69. The molecule has 0 radical (unpaired) electrons. The number of rotatable bonds is 7. The zero-order valence-electron chi connectivity index (χ0n) is 12.9. The molecule has 1 aliphatic carbocycles. The second-order valence-electron chi connectivity index (χ2n) is 5.49. The number of nitrogens with zero attached hydrogens (tertiary/aromatic N) is 1. The highest BCUT2D eigenvalue weighted by Gasteiger charge is 2.22. The average Bonchev–Trinajstić information content (AvgIpc) is 3.26. The van der Waals surface area contributed by atoms with Gasteiger partial charge in [-0.05, 0) is 43.7 Å². The number of aliphatic imine (C=N–C) groups is 1. The minimum atomic E-state index is 0. The van der Waals surface area contributed by atoms with Gasteiger partial charge in [-0.3, -0.25) is 0 Å². The standard InChI is InChI=1S/C16H25N3O.HI/c1-3-8-18-16(17)19-10-14-7-4-12(2)9-15(14)20-11-13-5-6-13;/h4,7,9,13H,3,5-6,8,10-11H2,1-2H3,(H3,17,18,19);1H. The third-order valence-corrected chi connectivity index (χ3v) is 3.37. The third kappa shape index (κ3) is 6.54. The van der Waals surface area contributed by atoms with Crippen LogP contribution in [-0.2, 0) is 6.54 Å². The van der Waals surface area contributed by atoms with Crippen LogP contribution in [0.25, 0.3) is 0 Å². The van der Waals surface area contributed by atoms with Crippen molar-refractivity contribution in [2.75, 3.05) is 13.2 Å². The van der Waals surface area contributed by atoms with Gasteiger partial charge in [0.1, 0.15) is 5.75 Å². The van der Waals surface area contributed by atoms with Gasteiger partial charge in [0.15, 0.2) is 5.96 Å². The molecule has 0 unspecified atom stereocenters. The van der Waals surface area contributed by atoms with Gasteiger partial charge in [-0.15, -0.1) is 24.0 Å². The number of nitrogens with two attached hydrogens (primary N) is 1. The van der Waals surface area contributed by atoms with Gasteiger partial charge in [-0.2, -0.15) is 0 Å². The van der Waals surface area contributed by atoms with E-state index in [1.54, 1.807) is 0 Å². The van der Waals surface area contributed by atoms with E-state index in [9.17, 15) is 0 Å². The van der Waals surface area contributed by atoms with E-state index in [-0.39, 0.29) is 24.0 Å². The van der Waals surface area contributed by atoms with E-state index in [0.29, 0.717) is 12.5 Å². The van der Waals surface area contributed by atoms with Crippen LogP contribution in [0.3, 0.4) is 0 Å². The molecule has 4 nitrogen and oxygen atoms in total. The molecule has 0 aromatic heterocycles. The zero-order chi connectivity index (χ0) is 14.4. The summed E-state index contributed by atoms with van der Waals surface area (Å²) >= 11 is 0. The van der Waals surface area contributed by atoms with Crippen molar-refractivity contribution in [1.82, 2.24) is 5.32 Å². The monoisotopic (exact) mass is 403 g/mol. The molecular weight excluding hydrogens is 377 g/mol. The summed E-state index contributed by atoms with van der Waals surface area (Å²) < 4.78 is 5.92. The van der Waals surface area contributed by atoms with Crippen LogP contribution in [0.5, 0.6) is 5.75 Å². The maximum atomic E-state index is 5.92. The Labute approximate surface area is 144 Å². The highest BCUT2D eigenvalue weighted by atomic mass is 127. The van der Waals surface area contributed by atoms with Crippen molar-refractivity contribution in [3.8, 4) is 5.75 Å². The molecule has 118 valence electrons. The molecule has 0 aliphatic heterocycles. The molecule has 1 fully saturated rings. The fourth-order valence-corrected chi connectivity index (χ4v) is 1.90. The fraction of sp³-hybridized carbons (Fsp3) is 0.562. The number of ether oxygens (including phenoxy) is 1. The van der Waals surface area contributed by atoms with Crippen molar-refractivity contribution in [2.24, 2.45) is 16.6 Å². The van der Waals surface area contributed by atoms with E-state index in [0.717, 1.165) is 36.8 Å². The molecular formula is C16H26IN3O. The Bertz CT molecular complexity index is 473. The molecule has 0 bridgehead atoms. The van der Waals surface area contributed by atoms with Crippen molar-refractivity contribution in [3.05, 3.63) is 29.3 Å². The van der Waals surface area contributed by atoms with Crippen LogP contribution >= 0.6 is 24.0 Å². The lowest BCUT2D eigenvalue weighted by molar-refractivity contribution is 0.296. The molecule has 0 amide bonds. The van der Waals surface area contributed by atoms with Crippen LogP contribution in [-0.4, -0.2) is 19.1 Å². The smallest absolute Gasteiger partial charge is 0.188 e. The van der Waals surface area contributed by atoms with E-state index < -0.39 is 0 Å². The zero-order valence-corrected chi connectivity index (χ0v) is 15.2. The van der Waals surface area contributed by atoms with Gasteiger partial charge in [0, 0.05) is 12.1 Å². The summed E-state index contributed by atoms with van der Waals surface area (Å²) in [5.74, 6) is 2.20. The highest BCUT2D eigenvalue weighted by Crippen LogP contribution is 2.30. The Morgan fingerprint density at radius 2 is 2.19 bits per heavy atom. The number of nitrogens with one attached hydrogen (secondary N) is 1.